The van der Waals surface area contributed by atoms with E-state index in [0.717, 1.165) is 0 Å². The monoisotopic (exact) mass is 57.0 g/mol. The minimum Gasteiger partial charge on any atom is -0.211 e. The molecule has 1 radical (unpaired) electrons. The van der Waals surface area contributed by atoms with Gasteiger partial charge in [0.2, 0.25) is 0 Å². The van der Waals surface area contributed by atoms with Gasteiger partial charge in [0.15, 0.2) is 0 Å². The Hall–Kier alpha value is -0.330. The molecule has 0 nitrogen and oxygen atoms in total. The van der Waals surface area contributed by atoms with Gasteiger partial charge in [-0.2, -0.15) is 0 Å². The molecule has 0 fully saturated rings. The number of rotatable bonds is 0. The lowest BCUT2D eigenvalue weighted by Gasteiger charge is -1.41. The Morgan fingerprint density at radius 1 is 1.75 bits per heavy atom. The summed E-state index contributed by atoms with van der Waals surface area (Å²) >= 11 is 0. The van der Waals surface area contributed by atoms with E-state index in [2.05, 4.69) is 0 Å². The van der Waals surface area contributed by atoms with E-state index >= 15 is 0 Å². The maximum atomic E-state index is 10.9. The van der Waals surface area contributed by atoms with Gasteiger partial charge in [0, 0.05) is 6.42 Å². The van der Waals surface area contributed by atoms with E-state index in [1.807, 2.05) is 0 Å². The van der Waals surface area contributed by atoms with Crippen LogP contribution >= 0.6 is 0 Å². The molecule has 0 heterocycles. The van der Waals surface area contributed by atoms with Crippen molar-refractivity contribution >= 4 is 0 Å². The fourth-order valence-electron chi connectivity index (χ4n) is 0.0315. The van der Waals surface area contributed by atoms with Crippen LogP contribution in [0, 0.1) is 6.42 Å². The van der Waals surface area contributed by atoms with Gasteiger partial charge in [-0.25, -0.2) is 4.39 Å². The van der Waals surface area contributed by atoms with Gasteiger partial charge in [-0.15, -0.1) is 0 Å². The van der Waals surface area contributed by atoms with Crippen molar-refractivity contribution in [2.24, 2.45) is 0 Å². The topological polar surface area (TPSA) is 0 Å². The molecule has 0 aliphatic heterocycles. The standard InChI is InChI=1S/C3H2F/c4-3-1-2-3/h1-2H. The van der Waals surface area contributed by atoms with Crippen molar-refractivity contribution < 1.29 is 4.39 Å². The second-order valence-corrected chi connectivity index (χ2v) is 0.718. The lowest BCUT2D eigenvalue weighted by atomic mass is 10.9. The number of allylic oxidation sites excluding steroid dienone is 2. The molecule has 0 saturated carbocycles. The first-order chi connectivity index (χ1) is 1.89. The summed E-state index contributed by atoms with van der Waals surface area (Å²) in [7, 11) is 0. The molecule has 0 spiro atoms. The van der Waals surface area contributed by atoms with E-state index in [1.165, 1.54) is 12.5 Å². The zero-order valence-corrected chi connectivity index (χ0v) is 2.03. The van der Waals surface area contributed by atoms with E-state index < -0.39 is 0 Å². The van der Waals surface area contributed by atoms with Gasteiger partial charge >= 0.3 is 0 Å². The summed E-state index contributed by atoms with van der Waals surface area (Å²) < 4.78 is 10.9. The van der Waals surface area contributed by atoms with Crippen LogP contribution in [0.1, 0.15) is 0 Å². The molecule has 1 aliphatic rings. The Bertz CT molecular complexity index is 54.3. The molecule has 1 aliphatic carbocycles. The van der Waals surface area contributed by atoms with Crippen molar-refractivity contribution in [3.05, 3.63) is 18.3 Å². The normalized spacial score (nSPS) is 19.8. The Morgan fingerprint density at radius 3 is 2.00 bits per heavy atom. The largest absolute Gasteiger partial charge is 0.211 e. The highest BCUT2D eigenvalue weighted by atomic mass is 19.1. The SMILES string of the molecule is FC1=C[CH]1. The molecule has 0 bridgehead atoms. The zero-order chi connectivity index (χ0) is 2.99. The van der Waals surface area contributed by atoms with Crippen LogP contribution in [-0.4, -0.2) is 0 Å². The maximum Gasteiger partial charge on any atom is 0.105 e. The van der Waals surface area contributed by atoms with E-state index in [9.17, 15) is 4.39 Å². The van der Waals surface area contributed by atoms with Gasteiger partial charge in [0.05, 0.1) is 0 Å². The highest BCUT2D eigenvalue weighted by molar-refractivity contribution is 5.31. The molecule has 0 unspecified atom stereocenters. The fourth-order valence-corrected chi connectivity index (χ4v) is 0.0315. The smallest absolute Gasteiger partial charge is 0.105 e. The van der Waals surface area contributed by atoms with Crippen LogP contribution in [0.3, 0.4) is 0 Å². The second kappa shape index (κ2) is 0.341. The Kier molecular flexibility index (Phi) is 0.166. The third-order valence-electron chi connectivity index (χ3n) is 0.293. The predicted molar refractivity (Wildman–Crippen MR) is 13.5 cm³/mol. The van der Waals surface area contributed by atoms with E-state index in [4.69, 9.17) is 0 Å². The van der Waals surface area contributed by atoms with Gasteiger partial charge in [0.1, 0.15) is 5.83 Å². The first-order valence-electron chi connectivity index (χ1n) is 1.10. The third-order valence-corrected chi connectivity index (χ3v) is 0.293. The Labute approximate surface area is 23.9 Å². The molecule has 0 aromatic heterocycles. The van der Waals surface area contributed by atoms with E-state index in [-0.39, 0.29) is 5.83 Å². The average Bonchev–Trinajstić information content (AvgIpc) is 1.75. The van der Waals surface area contributed by atoms with E-state index in [0.29, 0.717) is 0 Å². The van der Waals surface area contributed by atoms with E-state index in [1.54, 1.807) is 0 Å². The number of hydrogen-bond acceptors (Lipinski definition) is 0. The van der Waals surface area contributed by atoms with Crippen LogP contribution in [0.5, 0.6) is 0 Å². The molecule has 0 aromatic carbocycles. The molecule has 0 N–H and O–H groups in total. The van der Waals surface area contributed by atoms with Gasteiger partial charge in [-0.1, -0.05) is 0 Å². The van der Waals surface area contributed by atoms with Gasteiger partial charge in [-0.3, -0.25) is 0 Å². The quantitative estimate of drug-likeness (QED) is 0.390. The molecule has 0 saturated heterocycles. The van der Waals surface area contributed by atoms with Gasteiger partial charge in [-0.05, 0) is 6.08 Å². The van der Waals surface area contributed by atoms with Crippen LogP contribution in [0.25, 0.3) is 0 Å². The molecule has 21 valence electrons. The lowest BCUT2D eigenvalue weighted by Crippen LogP contribution is -1.22. The van der Waals surface area contributed by atoms with Crippen LogP contribution < -0.4 is 0 Å². The summed E-state index contributed by atoms with van der Waals surface area (Å²) in [6.45, 7) is 0. The summed E-state index contributed by atoms with van der Waals surface area (Å²) in [5, 5.41) is 0. The molecule has 1 rings (SSSR count). The zero-order valence-electron chi connectivity index (χ0n) is 2.03. The minimum atomic E-state index is -0.0833. The summed E-state index contributed by atoms with van der Waals surface area (Å²) in [6.07, 6.45) is 2.83. The number of hydrogen-bond donors (Lipinski definition) is 0. The molecular formula is C3H2F. The first-order valence-corrected chi connectivity index (χ1v) is 1.10. The molecule has 1 heteroatoms. The van der Waals surface area contributed by atoms with Crippen LogP contribution in [0.15, 0.2) is 11.9 Å². The molecular weight excluding hydrogens is 55.0 g/mol. The van der Waals surface area contributed by atoms with Crippen molar-refractivity contribution in [3.8, 4) is 0 Å². The van der Waals surface area contributed by atoms with Crippen LogP contribution in [0.2, 0.25) is 0 Å². The summed E-state index contributed by atoms with van der Waals surface area (Å²) in [5.41, 5.74) is 0. The van der Waals surface area contributed by atoms with Gasteiger partial charge in [0.25, 0.3) is 0 Å². The lowest BCUT2D eigenvalue weighted by molar-refractivity contribution is 0.690. The summed E-state index contributed by atoms with van der Waals surface area (Å²) in [4.78, 5) is 0. The minimum absolute atomic E-state index is 0.0833. The fraction of sp³-hybridized carbons (Fsp3) is 0. The van der Waals surface area contributed by atoms with Crippen molar-refractivity contribution in [2.45, 2.75) is 0 Å². The first kappa shape index (κ1) is 1.94. The second-order valence-electron chi connectivity index (χ2n) is 0.718. The molecule has 4 heavy (non-hydrogen) atoms. The van der Waals surface area contributed by atoms with Crippen molar-refractivity contribution in [2.75, 3.05) is 0 Å². The van der Waals surface area contributed by atoms with Gasteiger partial charge < -0.3 is 0 Å². The summed E-state index contributed by atoms with van der Waals surface area (Å²) in [5.74, 6) is -0.0833. The predicted octanol–water partition coefficient (Wildman–Crippen LogP) is 1.06. The van der Waals surface area contributed by atoms with Crippen molar-refractivity contribution in [1.29, 1.82) is 0 Å². The third kappa shape index (κ3) is 0.105. The molecule has 0 aromatic rings. The van der Waals surface area contributed by atoms with Crippen molar-refractivity contribution in [1.82, 2.24) is 0 Å². The van der Waals surface area contributed by atoms with Crippen LogP contribution in [0.4, 0.5) is 4.39 Å². The number of halogens is 1. The Morgan fingerprint density at radius 2 is 2.00 bits per heavy atom. The highest BCUT2D eigenvalue weighted by Gasteiger charge is 2.01. The highest BCUT2D eigenvalue weighted by Crippen LogP contribution is 2.15. The molecule has 0 amide bonds. The van der Waals surface area contributed by atoms with Crippen LogP contribution in [-0.2, 0) is 0 Å². The Balaban J connectivity index is 2.54. The van der Waals surface area contributed by atoms with Crippen molar-refractivity contribution in [3.63, 3.8) is 0 Å². The maximum absolute atomic E-state index is 10.9. The summed E-state index contributed by atoms with van der Waals surface area (Å²) in [6, 6.07) is 0. The average molecular weight is 57.0 g/mol. The molecule has 0 atom stereocenters.